The molecule has 4 nitrogen and oxygen atoms in total. The molecule has 0 radical (unpaired) electrons. The summed E-state index contributed by atoms with van der Waals surface area (Å²) in [6, 6.07) is 13.6. The van der Waals surface area contributed by atoms with Crippen LogP contribution < -0.4 is 0 Å². The highest BCUT2D eigenvalue weighted by Gasteiger charge is 2.32. The molecule has 0 aliphatic heterocycles. The first-order chi connectivity index (χ1) is 15.6. The van der Waals surface area contributed by atoms with Crippen LogP contribution in [-0.4, -0.2) is 9.67 Å². The number of hydrogen-bond donors (Lipinski definition) is 1. The summed E-state index contributed by atoms with van der Waals surface area (Å²) >= 11 is 24.0. The maximum atomic E-state index is 13.0. The Balaban J connectivity index is 1.77. The van der Waals surface area contributed by atoms with Gasteiger partial charge in [-0.3, -0.25) is 0 Å². The number of benzene rings is 3. The zero-order valence-corrected chi connectivity index (χ0v) is 19.4. The molecule has 0 bridgehead atoms. The molecule has 33 heavy (non-hydrogen) atoms. The Hall–Kier alpha value is -2.45. The second-order valence-electron chi connectivity index (χ2n) is 7.01. The average Bonchev–Trinajstić information content (AvgIpc) is 3.01. The van der Waals surface area contributed by atoms with Crippen molar-refractivity contribution in [3.05, 3.63) is 85.8 Å². The van der Waals surface area contributed by atoms with Crippen LogP contribution in [0.1, 0.15) is 11.1 Å². The number of para-hydroxylation sites is 1. The van der Waals surface area contributed by atoms with Crippen LogP contribution in [0, 0.1) is 0 Å². The van der Waals surface area contributed by atoms with E-state index in [1.807, 2.05) is 0 Å². The van der Waals surface area contributed by atoms with Gasteiger partial charge in [0, 0.05) is 5.39 Å². The van der Waals surface area contributed by atoms with E-state index in [1.54, 1.807) is 47.0 Å². The number of nitrogens with zero attached hydrogens (tertiary/aromatic N) is 3. The zero-order chi connectivity index (χ0) is 23.9. The molecule has 0 saturated carbocycles. The summed E-state index contributed by atoms with van der Waals surface area (Å²) in [7, 11) is 0. The quantitative estimate of drug-likeness (QED) is 0.261. The molecule has 0 aliphatic rings. The number of aromatic nitrogens is 1. The van der Waals surface area contributed by atoms with Crippen LogP contribution in [0.4, 0.5) is 24.5 Å². The first-order valence-electron chi connectivity index (χ1n) is 9.28. The molecule has 0 aliphatic carbocycles. The highest BCUT2D eigenvalue weighted by molar-refractivity contribution is 6.42. The Kier molecular flexibility index (Phi) is 6.51. The maximum absolute atomic E-state index is 13.0. The molecule has 11 heteroatoms. The summed E-state index contributed by atoms with van der Waals surface area (Å²) < 4.78 is 40.5. The van der Waals surface area contributed by atoms with Crippen LogP contribution in [0.25, 0.3) is 10.9 Å². The maximum Gasteiger partial charge on any atom is 0.416 e. The average molecular weight is 533 g/mol. The third-order valence-electron chi connectivity index (χ3n) is 4.84. The highest BCUT2D eigenvalue weighted by Crippen LogP contribution is 2.43. The predicted molar refractivity (Wildman–Crippen MR) is 125 cm³/mol. The van der Waals surface area contributed by atoms with Crippen molar-refractivity contribution >= 4 is 68.7 Å². The third-order valence-corrected chi connectivity index (χ3v) is 6.15. The molecule has 170 valence electrons. The standard InChI is InChI=1S/C22H12Cl4F3N3O/c23-14-6-5-11(7-15(14)24)10-32-18-4-2-1-3-13(18)19(21(32)33)30-31-20-16(25)8-12(9-17(20)26)22(27,28)29/h1-9,33H,10H2. The second-order valence-corrected chi connectivity index (χ2v) is 8.64. The second kappa shape index (κ2) is 9.06. The van der Waals surface area contributed by atoms with Gasteiger partial charge >= 0.3 is 6.18 Å². The zero-order valence-electron chi connectivity index (χ0n) is 16.3. The molecule has 3 aromatic carbocycles. The van der Waals surface area contributed by atoms with Gasteiger partial charge < -0.3 is 9.67 Å². The first-order valence-corrected chi connectivity index (χ1v) is 10.8. The molecule has 1 aromatic heterocycles. The van der Waals surface area contributed by atoms with Crippen molar-refractivity contribution < 1.29 is 18.3 Å². The van der Waals surface area contributed by atoms with Gasteiger partial charge in [-0.2, -0.15) is 13.2 Å². The fourth-order valence-electron chi connectivity index (χ4n) is 3.28. The van der Waals surface area contributed by atoms with E-state index in [2.05, 4.69) is 10.2 Å². The molecule has 0 amide bonds. The highest BCUT2D eigenvalue weighted by atomic mass is 35.5. The lowest BCUT2D eigenvalue weighted by molar-refractivity contribution is -0.137. The number of azo groups is 1. The van der Waals surface area contributed by atoms with Crippen LogP contribution in [0.3, 0.4) is 0 Å². The summed E-state index contributed by atoms with van der Waals surface area (Å²) in [6.45, 7) is 0.251. The van der Waals surface area contributed by atoms with Gasteiger partial charge in [0.15, 0.2) is 5.69 Å². The Labute approximate surface area is 205 Å². The van der Waals surface area contributed by atoms with Crippen molar-refractivity contribution in [2.24, 2.45) is 10.2 Å². The van der Waals surface area contributed by atoms with Crippen LogP contribution in [0.2, 0.25) is 20.1 Å². The minimum Gasteiger partial charge on any atom is -0.493 e. The minimum atomic E-state index is -4.61. The number of alkyl halides is 3. The molecule has 1 heterocycles. The van der Waals surface area contributed by atoms with Crippen molar-refractivity contribution in [2.45, 2.75) is 12.7 Å². The predicted octanol–water partition coefficient (Wildman–Crippen LogP) is 9.44. The van der Waals surface area contributed by atoms with Crippen LogP contribution in [0.5, 0.6) is 5.88 Å². The van der Waals surface area contributed by atoms with E-state index in [4.69, 9.17) is 46.4 Å². The van der Waals surface area contributed by atoms with E-state index in [0.29, 0.717) is 20.9 Å². The summed E-state index contributed by atoms with van der Waals surface area (Å²) in [4.78, 5) is 0. The van der Waals surface area contributed by atoms with Crippen molar-refractivity contribution in [3.8, 4) is 5.88 Å². The molecule has 0 atom stereocenters. The van der Waals surface area contributed by atoms with Crippen LogP contribution in [0.15, 0.2) is 64.8 Å². The van der Waals surface area contributed by atoms with E-state index < -0.39 is 11.7 Å². The van der Waals surface area contributed by atoms with Gasteiger partial charge in [-0.1, -0.05) is 70.7 Å². The molecule has 0 spiro atoms. The fourth-order valence-corrected chi connectivity index (χ4v) is 4.16. The van der Waals surface area contributed by atoms with E-state index in [9.17, 15) is 18.3 Å². The molecular formula is C22H12Cl4F3N3O. The molecule has 4 rings (SSSR count). The SMILES string of the molecule is Oc1c(N=Nc2c(Cl)cc(C(F)(F)F)cc2Cl)c2ccccc2n1Cc1ccc(Cl)c(Cl)c1. The topological polar surface area (TPSA) is 49.9 Å². The molecule has 0 fully saturated rings. The lowest BCUT2D eigenvalue weighted by Crippen LogP contribution is -2.04. The Morgan fingerprint density at radius 3 is 2.06 bits per heavy atom. The lowest BCUT2D eigenvalue weighted by atomic mass is 10.2. The van der Waals surface area contributed by atoms with Gasteiger partial charge in [0.1, 0.15) is 5.69 Å². The molecule has 1 N–H and O–H groups in total. The number of rotatable bonds is 4. The monoisotopic (exact) mass is 531 g/mol. The summed E-state index contributed by atoms with van der Waals surface area (Å²) in [5, 5.41) is 19.6. The van der Waals surface area contributed by atoms with Gasteiger partial charge in [0.25, 0.3) is 0 Å². The third kappa shape index (κ3) is 4.77. The molecule has 0 unspecified atom stereocenters. The number of aromatic hydroxyl groups is 1. The normalized spacial score (nSPS) is 12.2. The van der Waals surface area contributed by atoms with Crippen LogP contribution >= 0.6 is 46.4 Å². The molecule has 4 aromatic rings. The number of hydrogen-bond acceptors (Lipinski definition) is 3. The van der Waals surface area contributed by atoms with Crippen molar-refractivity contribution in [3.63, 3.8) is 0 Å². The fraction of sp³-hybridized carbons (Fsp3) is 0.0909. The molecular weight excluding hydrogens is 521 g/mol. The van der Waals surface area contributed by atoms with Crippen molar-refractivity contribution in [2.75, 3.05) is 0 Å². The van der Waals surface area contributed by atoms with Crippen molar-refractivity contribution in [1.29, 1.82) is 0 Å². The summed E-state index contributed by atoms with van der Waals surface area (Å²) in [5.74, 6) is -0.204. The van der Waals surface area contributed by atoms with Gasteiger partial charge in [-0.05, 0) is 35.9 Å². The van der Waals surface area contributed by atoms with Gasteiger partial charge in [0.05, 0.1) is 37.7 Å². The summed E-state index contributed by atoms with van der Waals surface area (Å²) in [6.07, 6.45) is -4.61. The van der Waals surface area contributed by atoms with E-state index >= 15 is 0 Å². The van der Waals surface area contributed by atoms with Gasteiger partial charge in [-0.25, -0.2) is 0 Å². The van der Waals surface area contributed by atoms with Crippen LogP contribution in [-0.2, 0) is 12.7 Å². The Morgan fingerprint density at radius 1 is 0.788 bits per heavy atom. The largest absolute Gasteiger partial charge is 0.493 e. The minimum absolute atomic E-state index is 0.109. The lowest BCUT2D eigenvalue weighted by Gasteiger charge is -2.09. The smallest absolute Gasteiger partial charge is 0.416 e. The molecule has 0 saturated heterocycles. The Morgan fingerprint density at radius 2 is 1.42 bits per heavy atom. The first kappa shape index (κ1) is 23.7. The van der Waals surface area contributed by atoms with Gasteiger partial charge in [0.2, 0.25) is 5.88 Å². The number of halogens is 7. The van der Waals surface area contributed by atoms with E-state index in [0.717, 1.165) is 17.7 Å². The summed E-state index contributed by atoms with van der Waals surface area (Å²) in [5.41, 5.74) is 0.389. The van der Waals surface area contributed by atoms with Gasteiger partial charge in [-0.15, -0.1) is 10.2 Å². The van der Waals surface area contributed by atoms with Crippen molar-refractivity contribution in [1.82, 2.24) is 4.57 Å². The Bertz CT molecular complexity index is 1380. The number of fused-ring (bicyclic) bond motifs is 1. The van der Waals surface area contributed by atoms with E-state index in [1.165, 1.54) is 0 Å². The van der Waals surface area contributed by atoms with E-state index in [-0.39, 0.29) is 33.8 Å².